The van der Waals surface area contributed by atoms with E-state index in [1.807, 2.05) is 6.08 Å². The van der Waals surface area contributed by atoms with E-state index in [0.29, 0.717) is 6.42 Å². The lowest BCUT2D eigenvalue weighted by Gasteiger charge is -2.19. The SMILES string of the molecule is CCC/C=C\C/C=C\CCCCCCCC(=O)NC(CO)C(O)/C=C/CC/C=C/CC/C=C/CCCCCCCCCCCCCCCCC. The van der Waals surface area contributed by atoms with E-state index in [9.17, 15) is 15.0 Å². The highest BCUT2D eigenvalue weighted by atomic mass is 16.3. The molecule has 3 N–H and O–H groups in total. The molecule has 1 amide bonds. The Bertz CT molecular complexity index is 842. The first kappa shape index (κ1) is 48.1. The van der Waals surface area contributed by atoms with Gasteiger partial charge in [0.2, 0.25) is 5.91 Å². The number of nitrogens with one attached hydrogen (secondary N) is 1. The van der Waals surface area contributed by atoms with Crippen LogP contribution in [0.5, 0.6) is 0 Å². The summed E-state index contributed by atoms with van der Waals surface area (Å²) in [7, 11) is 0. The lowest BCUT2D eigenvalue weighted by atomic mass is 10.0. The lowest BCUT2D eigenvalue weighted by Crippen LogP contribution is -2.45. The molecule has 0 aromatic heterocycles. The smallest absolute Gasteiger partial charge is 0.220 e. The van der Waals surface area contributed by atoms with E-state index in [1.54, 1.807) is 6.08 Å². The Kier molecular flexibility index (Phi) is 39.9. The Balaban J connectivity index is 3.65. The fourth-order valence-electron chi connectivity index (χ4n) is 6.13. The highest BCUT2D eigenvalue weighted by Gasteiger charge is 2.17. The van der Waals surface area contributed by atoms with Gasteiger partial charge in [0.05, 0.1) is 18.8 Å². The summed E-state index contributed by atoms with van der Waals surface area (Å²) in [5, 5.41) is 22.9. The highest BCUT2D eigenvalue weighted by molar-refractivity contribution is 5.76. The number of hydrogen-bond acceptors (Lipinski definition) is 3. The van der Waals surface area contributed by atoms with Crippen LogP contribution in [0.25, 0.3) is 0 Å². The van der Waals surface area contributed by atoms with Crippen LogP contribution in [-0.4, -0.2) is 34.9 Å². The number of aliphatic hydroxyl groups excluding tert-OH is 2. The topological polar surface area (TPSA) is 69.6 Å². The molecular formula is C46H83NO3. The molecule has 0 saturated heterocycles. The molecule has 50 heavy (non-hydrogen) atoms. The van der Waals surface area contributed by atoms with Crippen molar-refractivity contribution in [2.24, 2.45) is 0 Å². The van der Waals surface area contributed by atoms with Gasteiger partial charge in [-0.3, -0.25) is 4.79 Å². The summed E-state index contributed by atoms with van der Waals surface area (Å²) in [4.78, 5) is 12.3. The van der Waals surface area contributed by atoms with Crippen molar-refractivity contribution in [1.82, 2.24) is 5.32 Å². The van der Waals surface area contributed by atoms with E-state index in [0.717, 1.165) is 57.8 Å². The largest absolute Gasteiger partial charge is 0.394 e. The summed E-state index contributed by atoms with van der Waals surface area (Å²) in [6.07, 6.45) is 57.6. The molecule has 0 spiro atoms. The summed E-state index contributed by atoms with van der Waals surface area (Å²) in [6.45, 7) is 4.22. The number of allylic oxidation sites excluding steroid dienone is 9. The molecule has 0 radical (unpaired) electrons. The van der Waals surface area contributed by atoms with Gasteiger partial charge in [-0.2, -0.15) is 0 Å². The molecule has 0 aliphatic rings. The maximum absolute atomic E-state index is 12.3. The summed E-state index contributed by atoms with van der Waals surface area (Å²) < 4.78 is 0. The van der Waals surface area contributed by atoms with Gasteiger partial charge >= 0.3 is 0 Å². The average molecular weight is 698 g/mol. The minimum absolute atomic E-state index is 0.0950. The monoisotopic (exact) mass is 698 g/mol. The molecule has 290 valence electrons. The van der Waals surface area contributed by atoms with Gasteiger partial charge in [-0.1, -0.05) is 190 Å². The summed E-state index contributed by atoms with van der Waals surface area (Å²) in [5.41, 5.74) is 0. The van der Waals surface area contributed by atoms with Crippen molar-refractivity contribution >= 4 is 5.91 Å². The molecule has 0 rings (SSSR count). The standard InChI is InChI=1S/C46H83NO3/c1-3-5-7-9-11-13-15-17-18-19-20-21-22-23-24-25-26-27-28-30-31-33-35-37-39-41-45(49)44(43-48)47-46(50)42-40-38-36-34-32-29-16-14-12-10-8-6-4-2/h8,10,14,16,26-27,31,33,39,41,44-45,48-49H,3-7,9,11-13,15,17-25,28-30,32,34-38,40,42-43H2,1-2H3,(H,47,50)/b10-8-,16-14-,27-26+,33-31+,41-39+. The first-order valence-electron chi connectivity index (χ1n) is 21.5. The number of hydrogen-bond donors (Lipinski definition) is 3. The van der Waals surface area contributed by atoms with Crippen molar-refractivity contribution < 1.29 is 15.0 Å². The van der Waals surface area contributed by atoms with Crippen LogP contribution in [-0.2, 0) is 4.79 Å². The van der Waals surface area contributed by atoms with Crippen LogP contribution in [0.1, 0.15) is 206 Å². The van der Waals surface area contributed by atoms with Crippen molar-refractivity contribution in [2.75, 3.05) is 6.61 Å². The van der Waals surface area contributed by atoms with Gasteiger partial charge < -0.3 is 15.5 Å². The van der Waals surface area contributed by atoms with E-state index in [2.05, 4.69) is 67.8 Å². The molecule has 0 bridgehead atoms. The molecule has 0 aliphatic heterocycles. The molecular weight excluding hydrogens is 615 g/mol. The van der Waals surface area contributed by atoms with Crippen LogP contribution < -0.4 is 5.32 Å². The third kappa shape index (κ3) is 37.3. The second-order valence-corrected chi connectivity index (χ2v) is 14.4. The number of carbonyl (C=O) groups excluding carboxylic acids is 1. The van der Waals surface area contributed by atoms with Crippen molar-refractivity contribution in [3.05, 3.63) is 60.8 Å². The van der Waals surface area contributed by atoms with E-state index in [-0.39, 0.29) is 12.5 Å². The second kappa shape index (κ2) is 41.5. The second-order valence-electron chi connectivity index (χ2n) is 14.4. The minimum Gasteiger partial charge on any atom is -0.394 e. The highest BCUT2D eigenvalue weighted by Crippen LogP contribution is 2.14. The lowest BCUT2D eigenvalue weighted by molar-refractivity contribution is -0.123. The fraction of sp³-hybridized carbons (Fsp3) is 0.761. The summed E-state index contributed by atoms with van der Waals surface area (Å²) in [6, 6.07) is -0.654. The van der Waals surface area contributed by atoms with E-state index < -0.39 is 12.1 Å². The van der Waals surface area contributed by atoms with Crippen molar-refractivity contribution in [2.45, 2.75) is 219 Å². The van der Waals surface area contributed by atoms with Gasteiger partial charge in [0.15, 0.2) is 0 Å². The van der Waals surface area contributed by atoms with Crippen LogP contribution >= 0.6 is 0 Å². The predicted molar refractivity (Wildman–Crippen MR) is 221 cm³/mol. The normalized spacial score (nSPS) is 13.6. The Hall–Kier alpha value is -1.91. The Morgan fingerprint density at radius 1 is 0.480 bits per heavy atom. The number of rotatable bonds is 38. The summed E-state index contributed by atoms with van der Waals surface area (Å²) >= 11 is 0. The summed E-state index contributed by atoms with van der Waals surface area (Å²) in [5.74, 6) is -0.0950. The first-order valence-corrected chi connectivity index (χ1v) is 21.5. The molecule has 4 heteroatoms. The number of carbonyl (C=O) groups is 1. The Labute approximate surface area is 311 Å². The number of aliphatic hydroxyl groups is 2. The Morgan fingerprint density at radius 2 is 0.880 bits per heavy atom. The molecule has 4 nitrogen and oxygen atoms in total. The molecule has 0 heterocycles. The van der Waals surface area contributed by atoms with Gasteiger partial charge in [-0.15, -0.1) is 0 Å². The van der Waals surface area contributed by atoms with Gasteiger partial charge in [0.25, 0.3) is 0 Å². The third-order valence-electron chi connectivity index (χ3n) is 9.43. The van der Waals surface area contributed by atoms with Crippen molar-refractivity contribution in [3.8, 4) is 0 Å². The molecule has 0 saturated carbocycles. The first-order chi connectivity index (χ1) is 24.7. The van der Waals surface area contributed by atoms with Crippen molar-refractivity contribution in [3.63, 3.8) is 0 Å². The van der Waals surface area contributed by atoms with Crippen molar-refractivity contribution in [1.29, 1.82) is 0 Å². The minimum atomic E-state index is -0.877. The van der Waals surface area contributed by atoms with Crippen LogP contribution in [0, 0.1) is 0 Å². The zero-order chi connectivity index (χ0) is 36.4. The molecule has 0 aliphatic carbocycles. The predicted octanol–water partition coefficient (Wildman–Crippen LogP) is 13.3. The van der Waals surface area contributed by atoms with E-state index in [1.165, 1.54) is 128 Å². The van der Waals surface area contributed by atoms with Gasteiger partial charge in [0, 0.05) is 6.42 Å². The number of amides is 1. The maximum Gasteiger partial charge on any atom is 0.220 e. The number of unbranched alkanes of at least 4 members (excludes halogenated alkanes) is 23. The molecule has 0 aromatic rings. The zero-order valence-electron chi connectivity index (χ0n) is 33.2. The van der Waals surface area contributed by atoms with Gasteiger partial charge in [0.1, 0.15) is 0 Å². The Morgan fingerprint density at radius 3 is 1.36 bits per heavy atom. The average Bonchev–Trinajstić information content (AvgIpc) is 3.12. The molecule has 2 atom stereocenters. The van der Waals surface area contributed by atoms with Gasteiger partial charge in [-0.05, 0) is 70.6 Å². The quantitative estimate of drug-likeness (QED) is 0.0444. The van der Waals surface area contributed by atoms with E-state index in [4.69, 9.17) is 0 Å². The van der Waals surface area contributed by atoms with Crippen LogP contribution in [0.3, 0.4) is 0 Å². The van der Waals surface area contributed by atoms with Crippen LogP contribution in [0.2, 0.25) is 0 Å². The van der Waals surface area contributed by atoms with Gasteiger partial charge in [-0.25, -0.2) is 0 Å². The third-order valence-corrected chi connectivity index (χ3v) is 9.43. The molecule has 2 unspecified atom stereocenters. The maximum atomic E-state index is 12.3. The fourth-order valence-corrected chi connectivity index (χ4v) is 6.13. The molecule has 0 fully saturated rings. The molecule has 0 aromatic carbocycles. The van der Waals surface area contributed by atoms with E-state index >= 15 is 0 Å². The van der Waals surface area contributed by atoms with Crippen LogP contribution in [0.4, 0.5) is 0 Å². The van der Waals surface area contributed by atoms with Crippen LogP contribution in [0.15, 0.2) is 60.8 Å². The zero-order valence-corrected chi connectivity index (χ0v) is 33.2.